The lowest BCUT2D eigenvalue weighted by atomic mass is 9.90. The SMILES string of the molecule is NC1CC(c2ccccc2C2CC2)Oc2cc(F)ccc21. The third kappa shape index (κ3) is 2.32. The number of fused-ring (bicyclic) bond motifs is 1. The van der Waals surface area contributed by atoms with Crippen molar-refractivity contribution in [1.82, 2.24) is 0 Å². The van der Waals surface area contributed by atoms with Crippen LogP contribution in [0.3, 0.4) is 0 Å². The van der Waals surface area contributed by atoms with E-state index in [4.69, 9.17) is 10.5 Å². The molecule has 1 fully saturated rings. The van der Waals surface area contributed by atoms with Crippen LogP contribution in [-0.4, -0.2) is 0 Å². The van der Waals surface area contributed by atoms with Crippen molar-refractivity contribution in [1.29, 1.82) is 0 Å². The number of halogens is 1. The molecule has 3 heteroatoms. The second-order valence-electron chi connectivity index (χ2n) is 6.03. The molecule has 21 heavy (non-hydrogen) atoms. The van der Waals surface area contributed by atoms with Gasteiger partial charge in [-0.05, 0) is 36.0 Å². The molecule has 2 aromatic carbocycles. The van der Waals surface area contributed by atoms with Crippen molar-refractivity contribution in [3.8, 4) is 5.75 Å². The summed E-state index contributed by atoms with van der Waals surface area (Å²) in [5.41, 5.74) is 9.75. The van der Waals surface area contributed by atoms with Crippen molar-refractivity contribution in [3.63, 3.8) is 0 Å². The van der Waals surface area contributed by atoms with E-state index in [-0.39, 0.29) is 18.0 Å². The summed E-state index contributed by atoms with van der Waals surface area (Å²) in [5, 5.41) is 0. The fourth-order valence-corrected chi connectivity index (χ4v) is 3.24. The van der Waals surface area contributed by atoms with Crippen LogP contribution < -0.4 is 10.5 Å². The molecule has 108 valence electrons. The highest BCUT2D eigenvalue weighted by Crippen LogP contribution is 2.46. The minimum absolute atomic E-state index is 0.0777. The zero-order chi connectivity index (χ0) is 14.4. The number of nitrogens with two attached hydrogens (primary N) is 1. The highest BCUT2D eigenvalue weighted by atomic mass is 19.1. The lowest BCUT2D eigenvalue weighted by Gasteiger charge is -2.31. The lowest BCUT2D eigenvalue weighted by Crippen LogP contribution is -2.24. The number of hydrogen-bond donors (Lipinski definition) is 1. The van der Waals surface area contributed by atoms with E-state index in [0.29, 0.717) is 11.7 Å². The van der Waals surface area contributed by atoms with Crippen LogP contribution in [0.4, 0.5) is 4.39 Å². The Morgan fingerprint density at radius 1 is 1.00 bits per heavy atom. The maximum Gasteiger partial charge on any atom is 0.127 e. The molecule has 1 saturated carbocycles. The lowest BCUT2D eigenvalue weighted by molar-refractivity contribution is 0.160. The Kier molecular flexibility index (Phi) is 2.96. The van der Waals surface area contributed by atoms with Gasteiger partial charge in [-0.15, -0.1) is 0 Å². The maximum absolute atomic E-state index is 13.4. The largest absolute Gasteiger partial charge is 0.485 e. The zero-order valence-corrected chi connectivity index (χ0v) is 11.8. The van der Waals surface area contributed by atoms with Crippen molar-refractivity contribution >= 4 is 0 Å². The Bertz CT molecular complexity index is 681. The fraction of sp³-hybridized carbons (Fsp3) is 0.333. The average Bonchev–Trinajstić information content (AvgIpc) is 3.31. The summed E-state index contributed by atoms with van der Waals surface area (Å²) in [4.78, 5) is 0. The molecular weight excluding hydrogens is 265 g/mol. The fourth-order valence-electron chi connectivity index (χ4n) is 3.24. The Balaban J connectivity index is 1.72. The summed E-state index contributed by atoms with van der Waals surface area (Å²) in [6, 6.07) is 12.9. The Hall–Kier alpha value is -1.87. The van der Waals surface area contributed by atoms with Crippen LogP contribution in [0.2, 0.25) is 0 Å². The Morgan fingerprint density at radius 2 is 1.76 bits per heavy atom. The normalized spacial score (nSPS) is 24.3. The first-order valence-electron chi connectivity index (χ1n) is 7.53. The quantitative estimate of drug-likeness (QED) is 0.895. The zero-order valence-electron chi connectivity index (χ0n) is 11.8. The van der Waals surface area contributed by atoms with Crippen LogP contribution in [0.1, 0.15) is 54.0 Å². The molecule has 0 saturated heterocycles. The van der Waals surface area contributed by atoms with Gasteiger partial charge in [-0.3, -0.25) is 0 Å². The molecule has 2 N–H and O–H groups in total. The average molecular weight is 283 g/mol. The van der Waals surface area contributed by atoms with Gasteiger partial charge in [0, 0.05) is 24.1 Å². The van der Waals surface area contributed by atoms with Crippen LogP contribution in [0.5, 0.6) is 5.75 Å². The van der Waals surface area contributed by atoms with Gasteiger partial charge in [-0.1, -0.05) is 30.3 Å². The van der Waals surface area contributed by atoms with E-state index in [1.807, 2.05) is 6.07 Å². The smallest absolute Gasteiger partial charge is 0.127 e. The van der Waals surface area contributed by atoms with Crippen molar-refractivity contribution in [3.05, 3.63) is 65.0 Å². The Labute approximate surface area is 123 Å². The molecule has 2 unspecified atom stereocenters. The molecule has 2 aromatic rings. The Morgan fingerprint density at radius 3 is 2.52 bits per heavy atom. The van der Waals surface area contributed by atoms with E-state index >= 15 is 0 Å². The molecular formula is C18H18FNO. The predicted octanol–water partition coefficient (Wildman–Crippen LogP) is 4.23. The van der Waals surface area contributed by atoms with Crippen LogP contribution >= 0.6 is 0 Å². The first-order valence-corrected chi connectivity index (χ1v) is 7.53. The van der Waals surface area contributed by atoms with Crippen LogP contribution in [0.15, 0.2) is 42.5 Å². The molecule has 0 spiro atoms. The topological polar surface area (TPSA) is 35.2 Å². The number of ether oxygens (including phenoxy) is 1. The standard InChI is InChI=1S/C18H18FNO/c19-12-7-8-15-16(20)10-18(21-17(15)9-12)14-4-2-1-3-13(14)11-5-6-11/h1-4,7-9,11,16,18H,5-6,10,20H2. The summed E-state index contributed by atoms with van der Waals surface area (Å²) in [7, 11) is 0. The van der Waals surface area contributed by atoms with Crippen LogP contribution in [-0.2, 0) is 0 Å². The number of hydrogen-bond acceptors (Lipinski definition) is 2. The molecule has 0 aromatic heterocycles. The molecule has 2 nitrogen and oxygen atoms in total. The minimum atomic E-state index is -0.280. The summed E-state index contributed by atoms with van der Waals surface area (Å²) >= 11 is 0. The molecule has 2 aliphatic rings. The first-order chi connectivity index (χ1) is 10.2. The highest BCUT2D eigenvalue weighted by molar-refractivity contribution is 5.42. The maximum atomic E-state index is 13.4. The van der Waals surface area contributed by atoms with Gasteiger partial charge in [0.25, 0.3) is 0 Å². The van der Waals surface area contributed by atoms with Gasteiger partial charge in [0.15, 0.2) is 0 Å². The van der Waals surface area contributed by atoms with E-state index in [9.17, 15) is 4.39 Å². The van der Waals surface area contributed by atoms with E-state index in [1.54, 1.807) is 6.07 Å². The summed E-state index contributed by atoms with van der Waals surface area (Å²) in [5.74, 6) is 0.969. The van der Waals surface area contributed by atoms with E-state index in [2.05, 4.69) is 18.2 Å². The molecule has 1 aliphatic carbocycles. The summed E-state index contributed by atoms with van der Waals surface area (Å²) in [6.45, 7) is 0. The predicted molar refractivity (Wildman–Crippen MR) is 79.7 cm³/mol. The first kappa shape index (κ1) is 12.8. The monoisotopic (exact) mass is 283 g/mol. The number of benzene rings is 2. The van der Waals surface area contributed by atoms with E-state index < -0.39 is 0 Å². The van der Waals surface area contributed by atoms with Crippen LogP contribution in [0.25, 0.3) is 0 Å². The van der Waals surface area contributed by atoms with Crippen molar-refractivity contribution in [2.24, 2.45) is 5.73 Å². The molecule has 0 amide bonds. The van der Waals surface area contributed by atoms with E-state index in [1.165, 1.54) is 36.1 Å². The van der Waals surface area contributed by atoms with E-state index in [0.717, 1.165) is 12.0 Å². The van der Waals surface area contributed by atoms with Crippen molar-refractivity contribution in [2.45, 2.75) is 37.3 Å². The third-order valence-electron chi connectivity index (χ3n) is 4.47. The molecule has 1 heterocycles. The molecule has 4 rings (SSSR count). The van der Waals surface area contributed by atoms with Crippen molar-refractivity contribution in [2.75, 3.05) is 0 Å². The van der Waals surface area contributed by atoms with Crippen molar-refractivity contribution < 1.29 is 9.13 Å². The summed E-state index contributed by atoms with van der Waals surface area (Å²) < 4.78 is 19.5. The molecule has 0 bridgehead atoms. The van der Waals surface area contributed by atoms with Gasteiger partial charge in [-0.2, -0.15) is 0 Å². The van der Waals surface area contributed by atoms with Gasteiger partial charge < -0.3 is 10.5 Å². The van der Waals surface area contributed by atoms with Crippen LogP contribution in [0, 0.1) is 5.82 Å². The molecule has 1 aliphatic heterocycles. The molecule has 2 atom stereocenters. The number of rotatable bonds is 2. The van der Waals surface area contributed by atoms with Gasteiger partial charge in [0.05, 0.1) is 0 Å². The van der Waals surface area contributed by atoms with Gasteiger partial charge in [0.2, 0.25) is 0 Å². The van der Waals surface area contributed by atoms with Gasteiger partial charge in [0.1, 0.15) is 17.7 Å². The second kappa shape index (κ2) is 4.85. The second-order valence-corrected chi connectivity index (χ2v) is 6.03. The van der Waals surface area contributed by atoms with Gasteiger partial charge >= 0.3 is 0 Å². The summed E-state index contributed by atoms with van der Waals surface area (Å²) in [6.07, 6.45) is 3.16. The molecule has 0 radical (unpaired) electrons. The third-order valence-corrected chi connectivity index (χ3v) is 4.47. The minimum Gasteiger partial charge on any atom is -0.485 e. The highest BCUT2D eigenvalue weighted by Gasteiger charge is 2.32. The van der Waals surface area contributed by atoms with Gasteiger partial charge in [-0.25, -0.2) is 4.39 Å².